The Balaban J connectivity index is 1.50. The van der Waals surface area contributed by atoms with Gasteiger partial charge in [0.2, 0.25) is 5.91 Å². The molecule has 152 valence electrons. The number of ether oxygens (including phenoxy) is 1. The number of hydrogen-bond donors (Lipinski definition) is 1. The summed E-state index contributed by atoms with van der Waals surface area (Å²) in [6.07, 6.45) is 1.10. The van der Waals surface area contributed by atoms with Gasteiger partial charge in [-0.05, 0) is 51.0 Å². The number of rotatable bonds is 8. The summed E-state index contributed by atoms with van der Waals surface area (Å²) in [6, 6.07) is 10.1. The number of nitrogens with one attached hydrogen (secondary N) is 1. The Labute approximate surface area is 173 Å². The van der Waals surface area contributed by atoms with Crippen LogP contribution in [0, 0.1) is 13.8 Å². The average molecular weight is 413 g/mol. The van der Waals surface area contributed by atoms with Gasteiger partial charge in [-0.2, -0.15) is 5.10 Å². The summed E-state index contributed by atoms with van der Waals surface area (Å²) in [5.41, 5.74) is 4.74. The van der Waals surface area contributed by atoms with Gasteiger partial charge in [-0.1, -0.05) is 12.1 Å². The van der Waals surface area contributed by atoms with E-state index in [1.807, 2.05) is 48.9 Å². The largest absolute Gasteiger partial charge is 0.466 e. The first kappa shape index (κ1) is 20.7. The second-order valence-electron chi connectivity index (χ2n) is 6.68. The number of nitrogens with zero attached hydrogens (tertiary/aromatic N) is 3. The van der Waals surface area contributed by atoms with Gasteiger partial charge in [0, 0.05) is 17.5 Å². The van der Waals surface area contributed by atoms with Gasteiger partial charge in [0.25, 0.3) is 0 Å². The van der Waals surface area contributed by atoms with Crippen LogP contribution in [0.15, 0.2) is 35.7 Å². The Kier molecular flexibility index (Phi) is 6.77. The zero-order chi connectivity index (χ0) is 20.8. The number of aromatic nitrogens is 3. The minimum atomic E-state index is -0.320. The van der Waals surface area contributed by atoms with Gasteiger partial charge in [-0.25, -0.2) is 9.67 Å². The molecule has 1 N–H and O–H groups in total. The standard InChI is InChI=1S/C21H24N4O3S/c1-4-28-20(27)12-17-13-29-21(22-17)23-19(26)10-7-16-5-8-18(9-6-16)25-15(3)11-14(2)24-25/h5-6,8-9,11,13H,4,7,10,12H2,1-3H3,(H,22,23,26). The first-order chi connectivity index (χ1) is 13.9. The van der Waals surface area contributed by atoms with Crippen molar-refractivity contribution in [2.75, 3.05) is 11.9 Å². The Morgan fingerprint density at radius 3 is 2.62 bits per heavy atom. The lowest BCUT2D eigenvalue weighted by molar-refractivity contribution is -0.142. The molecule has 7 nitrogen and oxygen atoms in total. The van der Waals surface area contributed by atoms with Crippen molar-refractivity contribution in [3.05, 3.63) is 58.4 Å². The van der Waals surface area contributed by atoms with Crippen LogP contribution in [-0.2, 0) is 27.2 Å². The maximum Gasteiger partial charge on any atom is 0.311 e. The average Bonchev–Trinajstić information content (AvgIpc) is 3.26. The summed E-state index contributed by atoms with van der Waals surface area (Å²) in [7, 11) is 0. The lowest BCUT2D eigenvalue weighted by atomic mass is 10.1. The quantitative estimate of drug-likeness (QED) is 0.571. The lowest BCUT2D eigenvalue weighted by Gasteiger charge is -2.06. The van der Waals surface area contributed by atoms with Gasteiger partial charge in [-0.3, -0.25) is 9.59 Å². The molecular weight excluding hydrogens is 388 g/mol. The van der Waals surface area contributed by atoms with Gasteiger partial charge in [0.1, 0.15) is 0 Å². The molecule has 0 bridgehead atoms. The molecule has 2 aromatic heterocycles. The van der Waals surface area contributed by atoms with E-state index in [-0.39, 0.29) is 18.3 Å². The van der Waals surface area contributed by atoms with E-state index in [1.165, 1.54) is 11.3 Å². The Bertz CT molecular complexity index is 992. The van der Waals surface area contributed by atoms with Crippen LogP contribution in [-0.4, -0.2) is 33.2 Å². The number of carbonyl (C=O) groups is 2. The molecule has 0 spiro atoms. The van der Waals surface area contributed by atoms with Crippen LogP contribution >= 0.6 is 11.3 Å². The molecule has 0 unspecified atom stereocenters. The molecule has 0 aliphatic heterocycles. The minimum Gasteiger partial charge on any atom is -0.466 e. The number of benzene rings is 1. The molecular formula is C21H24N4O3S. The maximum absolute atomic E-state index is 12.2. The smallest absolute Gasteiger partial charge is 0.311 e. The van der Waals surface area contributed by atoms with Crippen molar-refractivity contribution in [3.63, 3.8) is 0 Å². The van der Waals surface area contributed by atoms with E-state index in [0.717, 1.165) is 22.6 Å². The SMILES string of the molecule is CCOC(=O)Cc1csc(NC(=O)CCc2ccc(-n3nc(C)cc3C)cc2)n1. The number of hydrogen-bond acceptors (Lipinski definition) is 6. The molecule has 3 aromatic rings. The summed E-state index contributed by atoms with van der Waals surface area (Å²) >= 11 is 1.30. The molecule has 3 rings (SSSR count). The van der Waals surface area contributed by atoms with Crippen molar-refractivity contribution in [1.82, 2.24) is 14.8 Å². The van der Waals surface area contributed by atoms with Gasteiger partial charge in [0.05, 0.1) is 30.1 Å². The first-order valence-electron chi connectivity index (χ1n) is 9.47. The molecule has 1 amide bonds. The fourth-order valence-electron chi connectivity index (χ4n) is 2.94. The summed E-state index contributed by atoms with van der Waals surface area (Å²) < 4.78 is 6.81. The third-order valence-electron chi connectivity index (χ3n) is 4.26. The van der Waals surface area contributed by atoms with Crippen LogP contribution in [0.5, 0.6) is 0 Å². The van der Waals surface area contributed by atoms with Crippen LogP contribution in [0.2, 0.25) is 0 Å². The third-order valence-corrected chi connectivity index (χ3v) is 5.07. The van der Waals surface area contributed by atoms with Gasteiger partial charge in [-0.15, -0.1) is 11.3 Å². The number of carbonyl (C=O) groups excluding carboxylic acids is 2. The first-order valence-corrected chi connectivity index (χ1v) is 10.3. The van der Waals surface area contributed by atoms with Crippen molar-refractivity contribution in [2.24, 2.45) is 0 Å². The molecule has 1 aromatic carbocycles. The monoisotopic (exact) mass is 412 g/mol. The van der Waals surface area contributed by atoms with E-state index in [0.29, 0.717) is 30.3 Å². The van der Waals surface area contributed by atoms with E-state index < -0.39 is 0 Å². The van der Waals surface area contributed by atoms with Crippen LogP contribution in [0.25, 0.3) is 5.69 Å². The molecule has 0 radical (unpaired) electrons. The molecule has 0 fully saturated rings. The molecule has 29 heavy (non-hydrogen) atoms. The number of amides is 1. The minimum absolute atomic E-state index is 0.107. The van der Waals surface area contributed by atoms with Crippen molar-refractivity contribution in [1.29, 1.82) is 0 Å². The topological polar surface area (TPSA) is 86.1 Å². The molecule has 0 saturated heterocycles. The van der Waals surface area contributed by atoms with Crippen LogP contribution in [0.1, 0.15) is 36.0 Å². The summed E-state index contributed by atoms with van der Waals surface area (Å²) in [5, 5.41) is 9.52. The van der Waals surface area contributed by atoms with Gasteiger partial charge in [0.15, 0.2) is 5.13 Å². The second kappa shape index (κ2) is 9.47. The highest BCUT2D eigenvalue weighted by atomic mass is 32.1. The molecule has 2 heterocycles. The Morgan fingerprint density at radius 1 is 1.21 bits per heavy atom. The highest BCUT2D eigenvalue weighted by Gasteiger charge is 2.11. The number of anilines is 1. The summed E-state index contributed by atoms with van der Waals surface area (Å²) in [5.74, 6) is -0.427. The number of thiazole rings is 1. The number of esters is 1. The van der Waals surface area contributed by atoms with Crippen molar-refractivity contribution >= 4 is 28.3 Å². The second-order valence-corrected chi connectivity index (χ2v) is 7.54. The van der Waals surface area contributed by atoms with Gasteiger partial charge >= 0.3 is 5.97 Å². The van der Waals surface area contributed by atoms with Crippen molar-refractivity contribution in [3.8, 4) is 5.69 Å². The fraction of sp³-hybridized carbons (Fsp3) is 0.333. The van der Waals surface area contributed by atoms with E-state index in [2.05, 4.69) is 15.4 Å². The normalized spacial score (nSPS) is 10.7. The highest BCUT2D eigenvalue weighted by molar-refractivity contribution is 7.13. The number of aryl methyl sites for hydroxylation is 3. The van der Waals surface area contributed by atoms with Crippen molar-refractivity contribution in [2.45, 2.75) is 40.0 Å². The van der Waals surface area contributed by atoms with Crippen LogP contribution in [0.3, 0.4) is 0 Å². The molecule has 0 atom stereocenters. The van der Waals surface area contributed by atoms with E-state index in [1.54, 1.807) is 12.3 Å². The zero-order valence-electron chi connectivity index (χ0n) is 16.8. The molecule has 0 aliphatic rings. The van der Waals surface area contributed by atoms with Crippen LogP contribution in [0.4, 0.5) is 5.13 Å². The summed E-state index contributed by atoms with van der Waals surface area (Å²) in [4.78, 5) is 28.0. The predicted molar refractivity (Wildman–Crippen MR) is 112 cm³/mol. The lowest BCUT2D eigenvalue weighted by Crippen LogP contribution is -2.12. The molecule has 8 heteroatoms. The van der Waals surface area contributed by atoms with Crippen LogP contribution < -0.4 is 5.32 Å². The molecule has 0 aliphatic carbocycles. The predicted octanol–water partition coefficient (Wildman–Crippen LogP) is 3.62. The fourth-order valence-corrected chi connectivity index (χ4v) is 3.67. The summed E-state index contributed by atoms with van der Waals surface area (Å²) in [6.45, 7) is 6.10. The van der Waals surface area contributed by atoms with E-state index in [4.69, 9.17) is 4.74 Å². The maximum atomic E-state index is 12.2. The highest BCUT2D eigenvalue weighted by Crippen LogP contribution is 2.17. The molecule has 0 saturated carbocycles. The zero-order valence-corrected chi connectivity index (χ0v) is 17.6. The van der Waals surface area contributed by atoms with Gasteiger partial charge < -0.3 is 10.1 Å². The van der Waals surface area contributed by atoms with E-state index >= 15 is 0 Å². The Morgan fingerprint density at radius 2 is 1.97 bits per heavy atom. The van der Waals surface area contributed by atoms with Crippen molar-refractivity contribution < 1.29 is 14.3 Å². The third kappa shape index (κ3) is 5.74. The van der Waals surface area contributed by atoms with E-state index in [9.17, 15) is 9.59 Å². The Hall–Kier alpha value is -3.00.